The number of nitrogens with zero attached hydrogens (tertiary/aromatic N) is 1. The molecule has 0 spiro atoms. The third-order valence-corrected chi connectivity index (χ3v) is 5.31. The summed E-state index contributed by atoms with van der Waals surface area (Å²) in [7, 11) is 1.29. The lowest BCUT2D eigenvalue weighted by Crippen LogP contribution is -2.38. The van der Waals surface area contributed by atoms with Crippen LogP contribution in [-0.2, 0) is 14.3 Å². The molecule has 1 saturated carbocycles. The van der Waals surface area contributed by atoms with Gasteiger partial charge in [0.15, 0.2) is 0 Å². The van der Waals surface area contributed by atoms with Crippen LogP contribution in [0.2, 0.25) is 0 Å². The molecule has 1 aliphatic heterocycles. The first-order valence-electron chi connectivity index (χ1n) is 7.87. The molecule has 2 fully saturated rings. The number of imide groups is 1. The van der Waals surface area contributed by atoms with Crippen molar-refractivity contribution in [3.63, 3.8) is 0 Å². The molecule has 2 amide bonds. The molecule has 5 nitrogen and oxygen atoms in total. The van der Waals surface area contributed by atoms with E-state index in [0.717, 1.165) is 12.8 Å². The number of hydrogen-bond acceptors (Lipinski definition) is 4. The summed E-state index contributed by atoms with van der Waals surface area (Å²) < 4.78 is 4.78. The van der Waals surface area contributed by atoms with E-state index in [2.05, 4.69) is 12.2 Å². The Morgan fingerprint density at radius 3 is 2.13 bits per heavy atom. The number of rotatable bonds is 2. The Kier molecular flexibility index (Phi) is 3.11. The zero-order chi connectivity index (χ0) is 16.1. The van der Waals surface area contributed by atoms with Gasteiger partial charge in [-0.25, -0.2) is 9.69 Å². The summed E-state index contributed by atoms with van der Waals surface area (Å²) in [5, 5.41) is 0. The quantitative estimate of drug-likeness (QED) is 0.477. The maximum absolute atomic E-state index is 12.9. The van der Waals surface area contributed by atoms with Crippen LogP contribution in [0.1, 0.15) is 23.2 Å². The van der Waals surface area contributed by atoms with Gasteiger partial charge in [-0.05, 0) is 36.8 Å². The highest BCUT2D eigenvalue weighted by molar-refractivity contribution is 6.24. The standard InChI is InChI=1S/C18H17NO4/c1-23-18(22)12-4-2-3-5-13(12)19-16(20)14-10-6-7-11(9-8-10)15(14)17(19)21/h2-7,10-11,14-15H,8-9H2,1H3/t10-,11-,14-,15-/m1/s1. The predicted octanol–water partition coefficient (Wildman–Crippen LogP) is 2.17. The molecule has 4 atom stereocenters. The molecule has 4 aliphatic rings. The number of methoxy groups -OCH3 is 1. The van der Waals surface area contributed by atoms with E-state index in [1.54, 1.807) is 24.3 Å². The summed E-state index contributed by atoms with van der Waals surface area (Å²) in [6.07, 6.45) is 6.06. The largest absolute Gasteiger partial charge is 0.465 e. The zero-order valence-corrected chi connectivity index (χ0v) is 12.8. The number of ether oxygens (including phenoxy) is 1. The minimum Gasteiger partial charge on any atom is -0.465 e. The van der Waals surface area contributed by atoms with Gasteiger partial charge in [0.05, 0.1) is 30.2 Å². The van der Waals surface area contributed by atoms with Crippen LogP contribution < -0.4 is 4.90 Å². The molecule has 2 bridgehead atoms. The molecule has 23 heavy (non-hydrogen) atoms. The summed E-state index contributed by atoms with van der Waals surface area (Å²) in [5.74, 6) is -1.20. The molecule has 5 rings (SSSR count). The minimum atomic E-state index is -0.544. The smallest absolute Gasteiger partial charge is 0.339 e. The van der Waals surface area contributed by atoms with E-state index in [1.807, 2.05) is 0 Å². The predicted molar refractivity (Wildman–Crippen MR) is 82.6 cm³/mol. The molecule has 1 saturated heterocycles. The van der Waals surface area contributed by atoms with Crippen molar-refractivity contribution in [2.75, 3.05) is 12.0 Å². The van der Waals surface area contributed by atoms with E-state index < -0.39 is 5.97 Å². The molecule has 1 aromatic rings. The van der Waals surface area contributed by atoms with Crippen LogP contribution in [0.25, 0.3) is 0 Å². The number of anilines is 1. The van der Waals surface area contributed by atoms with Crippen molar-refractivity contribution >= 4 is 23.5 Å². The average Bonchev–Trinajstić information content (AvgIpc) is 2.88. The minimum absolute atomic E-state index is 0.136. The number of hydrogen-bond donors (Lipinski definition) is 0. The van der Waals surface area contributed by atoms with Crippen LogP contribution in [0.15, 0.2) is 36.4 Å². The van der Waals surface area contributed by atoms with E-state index in [9.17, 15) is 14.4 Å². The van der Waals surface area contributed by atoms with Crippen LogP contribution in [0.5, 0.6) is 0 Å². The van der Waals surface area contributed by atoms with Crippen molar-refractivity contribution in [3.8, 4) is 0 Å². The highest BCUT2D eigenvalue weighted by Gasteiger charge is 2.57. The lowest BCUT2D eigenvalue weighted by Gasteiger charge is -2.38. The Morgan fingerprint density at radius 2 is 1.61 bits per heavy atom. The van der Waals surface area contributed by atoms with Crippen molar-refractivity contribution in [2.24, 2.45) is 23.7 Å². The number of amides is 2. The van der Waals surface area contributed by atoms with Gasteiger partial charge in [0.2, 0.25) is 11.8 Å². The van der Waals surface area contributed by atoms with Crippen molar-refractivity contribution < 1.29 is 19.1 Å². The number of benzene rings is 1. The Bertz CT molecular complexity index is 706. The second-order valence-corrected chi connectivity index (χ2v) is 6.36. The number of carbonyl (C=O) groups is 3. The molecule has 118 valence electrons. The fourth-order valence-corrected chi connectivity index (χ4v) is 4.26. The third kappa shape index (κ3) is 1.89. The van der Waals surface area contributed by atoms with Crippen LogP contribution in [-0.4, -0.2) is 24.9 Å². The van der Waals surface area contributed by atoms with Crippen LogP contribution in [0, 0.1) is 23.7 Å². The molecule has 0 unspecified atom stereocenters. The molecule has 5 heteroatoms. The van der Waals surface area contributed by atoms with Gasteiger partial charge in [0.25, 0.3) is 0 Å². The van der Waals surface area contributed by atoms with Gasteiger partial charge in [0.1, 0.15) is 0 Å². The maximum atomic E-state index is 12.9. The molecule has 0 aromatic heterocycles. The second-order valence-electron chi connectivity index (χ2n) is 6.36. The van der Waals surface area contributed by atoms with Crippen molar-refractivity contribution in [3.05, 3.63) is 42.0 Å². The first-order valence-corrected chi connectivity index (χ1v) is 7.87. The maximum Gasteiger partial charge on any atom is 0.339 e. The number of esters is 1. The lowest BCUT2D eigenvalue weighted by molar-refractivity contribution is -0.124. The van der Waals surface area contributed by atoms with Gasteiger partial charge in [-0.15, -0.1) is 0 Å². The van der Waals surface area contributed by atoms with Gasteiger partial charge in [-0.2, -0.15) is 0 Å². The number of allylic oxidation sites excluding steroid dienone is 2. The molecular formula is C18H17NO4. The lowest BCUT2D eigenvalue weighted by atomic mass is 9.63. The van der Waals surface area contributed by atoms with Crippen LogP contribution >= 0.6 is 0 Å². The molecule has 3 aliphatic carbocycles. The molecule has 0 radical (unpaired) electrons. The number of fused-ring (bicyclic) bond motifs is 1. The fourth-order valence-electron chi connectivity index (χ4n) is 4.26. The summed E-state index contributed by atoms with van der Waals surface area (Å²) >= 11 is 0. The number of para-hydroxylation sites is 1. The monoisotopic (exact) mass is 311 g/mol. The van der Waals surface area contributed by atoms with E-state index in [0.29, 0.717) is 5.69 Å². The normalized spacial score (nSPS) is 31.4. The van der Waals surface area contributed by atoms with E-state index in [4.69, 9.17) is 4.74 Å². The van der Waals surface area contributed by atoms with Gasteiger partial charge in [-0.3, -0.25) is 9.59 Å². The first-order chi connectivity index (χ1) is 11.1. The molecule has 0 N–H and O–H groups in total. The molecule has 1 aromatic carbocycles. The Morgan fingerprint density at radius 1 is 1.04 bits per heavy atom. The molecule has 1 heterocycles. The molecular weight excluding hydrogens is 294 g/mol. The SMILES string of the molecule is COC(=O)c1ccccc1N1C(=O)[C@H]2[C@H](C1=O)[C@@H]1C=C[C@@H]2CC1. The summed E-state index contributed by atoms with van der Waals surface area (Å²) in [6, 6.07) is 6.63. The van der Waals surface area contributed by atoms with E-state index >= 15 is 0 Å². The fraction of sp³-hybridized carbons (Fsp3) is 0.389. The first kappa shape index (κ1) is 14.2. The zero-order valence-electron chi connectivity index (χ0n) is 12.8. The van der Waals surface area contributed by atoms with E-state index in [-0.39, 0.29) is 41.0 Å². The average molecular weight is 311 g/mol. The van der Waals surface area contributed by atoms with Gasteiger partial charge in [0, 0.05) is 0 Å². The Hall–Kier alpha value is -2.43. The van der Waals surface area contributed by atoms with E-state index in [1.165, 1.54) is 12.0 Å². The van der Waals surface area contributed by atoms with Gasteiger partial charge >= 0.3 is 5.97 Å². The number of carbonyl (C=O) groups excluding carboxylic acids is 3. The van der Waals surface area contributed by atoms with Crippen molar-refractivity contribution in [1.82, 2.24) is 0 Å². The van der Waals surface area contributed by atoms with Crippen molar-refractivity contribution in [1.29, 1.82) is 0 Å². The van der Waals surface area contributed by atoms with Crippen molar-refractivity contribution in [2.45, 2.75) is 12.8 Å². The highest BCUT2D eigenvalue weighted by atomic mass is 16.5. The van der Waals surface area contributed by atoms with Gasteiger partial charge < -0.3 is 4.74 Å². The highest BCUT2D eigenvalue weighted by Crippen LogP contribution is 2.50. The second kappa shape index (κ2) is 5.05. The van der Waals surface area contributed by atoms with Crippen LogP contribution in [0.3, 0.4) is 0 Å². The topological polar surface area (TPSA) is 63.7 Å². The van der Waals surface area contributed by atoms with Crippen LogP contribution in [0.4, 0.5) is 5.69 Å². The third-order valence-electron chi connectivity index (χ3n) is 5.31. The Balaban J connectivity index is 1.79. The summed E-state index contributed by atoms with van der Waals surface area (Å²) in [6.45, 7) is 0. The Labute approximate surface area is 133 Å². The summed E-state index contributed by atoms with van der Waals surface area (Å²) in [4.78, 5) is 39.0. The van der Waals surface area contributed by atoms with Gasteiger partial charge in [-0.1, -0.05) is 24.3 Å². The summed E-state index contributed by atoms with van der Waals surface area (Å²) in [5.41, 5.74) is 0.582.